The van der Waals surface area contributed by atoms with Crippen LogP contribution in [-0.2, 0) is 16.1 Å². The molecule has 0 N–H and O–H groups in total. The van der Waals surface area contributed by atoms with Gasteiger partial charge in [0, 0.05) is 17.2 Å². The van der Waals surface area contributed by atoms with Crippen molar-refractivity contribution in [3.05, 3.63) is 46.6 Å². The number of fused-ring (bicyclic) bond motifs is 1. The number of esters is 1. The molecule has 5 nitrogen and oxygen atoms in total. The molecule has 0 spiro atoms. The SMILES string of the molecule is Cc1cc(Br)cnc1Sc1nc2ccccc2n1CCC(=O)OC(C)(C)C. The van der Waals surface area contributed by atoms with E-state index in [1.54, 1.807) is 6.20 Å². The van der Waals surface area contributed by atoms with Crippen molar-refractivity contribution in [1.29, 1.82) is 0 Å². The van der Waals surface area contributed by atoms with Crippen molar-refractivity contribution in [3.63, 3.8) is 0 Å². The number of hydrogen-bond acceptors (Lipinski definition) is 5. The van der Waals surface area contributed by atoms with Crippen LogP contribution in [0, 0.1) is 6.92 Å². The summed E-state index contributed by atoms with van der Waals surface area (Å²) < 4.78 is 8.45. The third-order valence-electron chi connectivity index (χ3n) is 3.76. The van der Waals surface area contributed by atoms with Crippen LogP contribution in [0.4, 0.5) is 0 Å². The Morgan fingerprint density at radius 3 is 2.74 bits per heavy atom. The van der Waals surface area contributed by atoms with Crippen LogP contribution in [0.2, 0.25) is 0 Å². The van der Waals surface area contributed by atoms with Crippen LogP contribution in [0.25, 0.3) is 11.0 Å². The van der Waals surface area contributed by atoms with Gasteiger partial charge in [-0.1, -0.05) is 12.1 Å². The Kier molecular flexibility index (Phi) is 5.91. The van der Waals surface area contributed by atoms with E-state index < -0.39 is 5.60 Å². The van der Waals surface area contributed by atoms with E-state index in [0.717, 1.165) is 31.3 Å². The fourth-order valence-electron chi connectivity index (χ4n) is 2.66. The van der Waals surface area contributed by atoms with Gasteiger partial charge < -0.3 is 9.30 Å². The highest BCUT2D eigenvalue weighted by atomic mass is 79.9. The van der Waals surface area contributed by atoms with Crippen LogP contribution in [0.5, 0.6) is 0 Å². The largest absolute Gasteiger partial charge is 0.460 e. The minimum Gasteiger partial charge on any atom is -0.460 e. The number of carbonyl (C=O) groups is 1. The Morgan fingerprint density at radius 2 is 2.04 bits per heavy atom. The van der Waals surface area contributed by atoms with Crippen molar-refractivity contribution in [2.45, 2.75) is 56.4 Å². The van der Waals surface area contributed by atoms with Gasteiger partial charge in [-0.3, -0.25) is 4.79 Å². The van der Waals surface area contributed by atoms with Crippen LogP contribution in [0.3, 0.4) is 0 Å². The van der Waals surface area contributed by atoms with Gasteiger partial charge in [0.15, 0.2) is 5.16 Å². The molecular weight excluding hydrogens is 426 g/mol. The zero-order chi connectivity index (χ0) is 19.6. The molecule has 2 aromatic heterocycles. The van der Waals surface area contributed by atoms with E-state index in [0.29, 0.717) is 6.54 Å². The van der Waals surface area contributed by atoms with Crippen molar-refractivity contribution in [2.24, 2.45) is 0 Å². The number of hydrogen-bond donors (Lipinski definition) is 0. The summed E-state index contributed by atoms with van der Waals surface area (Å²) in [5.41, 5.74) is 2.49. The third kappa shape index (κ3) is 5.11. The molecule has 0 bridgehead atoms. The van der Waals surface area contributed by atoms with E-state index in [1.165, 1.54) is 11.8 Å². The van der Waals surface area contributed by atoms with Gasteiger partial charge in [0.2, 0.25) is 0 Å². The quantitative estimate of drug-likeness (QED) is 0.490. The number of imidazole rings is 1. The van der Waals surface area contributed by atoms with Gasteiger partial charge >= 0.3 is 5.97 Å². The minimum absolute atomic E-state index is 0.214. The van der Waals surface area contributed by atoms with E-state index >= 15 is 0 Å². The number of nitrogens with zero attached hydrogens (tertiary/aromatic N) is 3. The Labute approximate surface area is 171 Å². The molecule has 0 radical (unpaired) electrons. The minimum atomic E-state index is -0.482. The van der Waals surface area contributed by atoms with Gasteiger partial charge in [-0.05, 0) is 79.1 Å². The lowest BCUT2D eigenvalue weighted by Crippen LogP contribution is -2.24. The molecule has 0 fully saturated rings. The third-order valence-corrected chi connectivity index (χ3v) is 5.31. The van der Waals surface area contributed by atoms with Crippen molar-refractivity contribution in [1.82, 2.24) is 14.5 Å². The molecule has 1 aromatic carbocycles. The van der Waals surface area contributed by atoms with Crippen LogP contribution in [-0.4, -0.2) is 26.1 Å². The number of aryl methyl sites for hydroxylation is 2. The topological polar surface area (TPSA) is 57.0 Å². The van der Waals surface area contributed by atoms with Gasteiger partial charge in [0.05, 0.1) is 17.5 Å². The molecule has 0 amide bonds. The van der Waals surface area contributed by atoms with Crippen LogP contribution >= 0.6 is 27.7 Å². The Morgan fingerprint density at radius 1 is 1.30 bits per heavy atom. The molecule has 142 valence electrons. The van der Waals surface area contributed by atoms with Gasteiger partial charge in [-0.2, -0.15) is 0 Å². The normalized spacial score (nSPS) is 11.7. The first-order chi connectivity index (χ1) is 12.7. The predicted molar refractivity (Wildman–Crippen MR) is 111 cm³/mol. The molecule has 0 unspecified atom stereocenters. The molecule has 3 aromatic rings. The molecule has 0 saturated heterocycles. The standard InChI is InChI=1S/C20H22BrN3O2S/c1-13-11-14(21)12-22-18(13)27-19-23-15-7-5-6-8-16(15)24(19)10-9-17(25)26-20(2,3)4/h5-8,11-12H,9-10H2,1-4H3. The summed E-state index contributed by atoms with van der Waals surface area (Å²) in [7, 11) is 0. The number of benzene rings is 1. The predicted octanol–water partition coefficient (Wildman–Crippen LogP) is 5.39. The number of ether oxygens (including phenoxy) is 1. The first-order valence-corrected chi connectivity index (χ1v) is 10.3. The number of rotatable bonds is 5. The fourth-order valence-corrected chi connectivity index (χ4v) is 4.05. The molecule has 2 heterocycles. The maximum atomic E-state index is 12.2. The lowest BCUT2D eigenvalue weighted by Gasteiger charge is -2.19. The summed E-state index contributed by atoms with van der Waals surface area (Å²) in [6, 6.07) is 9.97. The van der Waals surface area contributed by atoms with E-state index in [9.17, 15) is 4.79 Å². The van der Waals surface area contributed by atoms with E-state index in [-0.39, 0.29) is 12.4 Å². The second kappa shape index (κ2) is 8.02. The number of pyridine rings is 1. The second-order valence-electron chi connectivity index (χ2n) is 7.25. The maximum absolute atomic E-state index is 12.2. The van der Waals surface area contributed by atoms with Gasteiger partial charge in [0.1, 0.15) is 10.6 Å². The average molecular weight is 448 g/mol. The first kappa shape index (κ1) is 19.9. The molecule has 0 aliphatic carbocycles. The fraction of sp³-hybridized carbons (Fsp3) is 0.350. The molecule has 3 rings (SSSR count). The van der Waals surface area contributed by atoms with Crippen molar-refractivity contribution >= 4 is 44.7 Å². The highest BCUT2D eigenvalue weighted by Gasteiger charge is 2.18. The zero-order valence-corrected chi connectivity index (χ0v) is 18.2. The lowest BCUT2D eigenvalue weighted by atomic mass is 10.2. The van der Waals surface area contributed by atoms with Crippen LogP contribution in [0.1, 0.15) is 32.8 Å². The summed E-state index contributed by atoms with van der Waals surface area (Å²) in [5.74, 6) is -0.214. The van der Waals surface area contributed by atoms with Gasteiger partial charge in [-0.15, -0.1) is 0 Å². The maximum Gasteiger partial charge on any atom is 0.308 e. The number of aromatic nitrogens is 3. The van der Waals surface area contributed by atoms with Crippen LogP contribution in [0.15, 0.2) is 51.2 Å². The summed E-state index contributed by atoms with van der Waals surface area (Å²) in [6.45, 7) is 8.16. The van der Waals surface area contributed by atoms with Crippen molar-refractivity contribution < 1.29 is 9.53 Å². The summed E-state index contributed by atoms with van der Waals surface area (Å²) in [5, 5.41) is 1.71. The summed E-state index contributed by atoms with van der Waals surface area (Å²) in [4.78, 5) is 21.4. The van der Waals surface area contributed by atoms with E-state index in [2.05, 4.69) is 25.5 Å². The van der Waals surface area contributed by atoms with Gasteiger partial charge in [-0.25, -0.2) is 9.97 Å². The summed E-state index contributed by atoms with van der Waals surface area (Å²) >= 11 is 4.95. The van der Waals surface area contributed by atoms with E-state index in [1.807, 2.05) is 58.0 Å². The number of carbonyl (C=O) groups excluding carboxylic acids is 1. The second-order valence-corrected chi connectivity index (χ2v) is 9.12. The smallest absolute Gasteiger partial charge is 0.308 e. The number of halogens is 1. The monoisotopic (exact) mass is 447 g/mol. The molecular formula is C20H22BrN3O2S. The van der Waals surface area contributed by atoms with Gasteiger partial charge in [0.25, 0.3) is 0 Å². The highest BCUT2D eigenvalue weighted by molar-refractivity contribution is 9.10. The first-order valence-electron chi connectivity index (χ1n) is 8.70. The molecule has 0 atom stereocenters. The molecule has 0 saturated carbocycles. The Hall–Kier alpha value is -1.86. The zero-order valence-electron chi connectivity index (χ0n) is 15.8. The highest BCUT2D eigenvalue weighted by Crippen LogP contribution is 2.32. The molecule has 27 heavy (non-hydrogen) atoms. The Balaban J connectivity index is 1.88. The Bertz CT molecular complexity index is 979. The lowest BCUT2D eigenvalue weighted by molar-refractivity contribution is -0.155. The average Bonchev–Trinajstić information content (AvgIpc) is 2.91. The summed E-state index contributed by atoms with van der Waals surface area (Å²) in [6.07, 6.45) is 2.07. The molecule has 0 aliphatic heterocycles. The molecule has 0 aliphatic rings. The van der Waals surface area contributed by atoms with Crippen molar-refractivity contribution in [2.75, 3.05) is 0 Å². The molecule has 7 heteroatoms. The van der Waals surface area contributed by atoms with Crippen molar-refractivity contribution in [3.8, 4) is 0 Å². The number of para-hydroxylation sites is 2. The van der Waals surface area contributed by atoms with E-state index in [4.69, 9.17) is 9.72 Å². The van der Waals surface area contributed by atoms with Crippen LogP contribution < -0.4 is 0 Å².